The molecule has 37 heavy (non-hydrogen) atoms. The van der Waals surface area contributed by atoms with Gasteiger partial charge in [-0.15, -0.1) is 0 Å². The van der Waals surface area contributed by atoms with Gasteiger partial charge in [0.2, 0.25) is 5.91 Å². The Hall–Kier alpha value is -4.99. The minimum Gasteiger partial charge on any atom is -0.423 e. The number of anilines is 2. The lowest BCUT2D eigenvalue weighted by Gasteiger charge is -2.15. The highest BCUT2D eigenvalue weighted by Gasteiger charge is 2.30. The van der Waals surface area contributed by atoms with Crippen LogP contribution in [0.15, 0.2) is 78.1 Å². The van der Waals surface area contributed by atoms with E-state index in [9.17, 15) is 9.59 Å². The van der Waals surface area contributed by atoms with Crippen molar-refractivity contribution in [2.24, 2.45) is 0 Å². The second-order valence-corrected chi connectivity index (χ2v) is 8.86. The highest BCUT2D eigenvalue weighted by Crippen LogP contribution is 2.32. The van der Waals surface area contributed by atoms with Crippen molar-refractivity contribution in [3.05, 3.63) is 79.3 Å². The molecule has 1 fully saturated rings. The lowest BCUT2D eigenvalue weighted by molar-refractivity contribution is -0.125. The first-order chi connectivity index (χ1) is 18.0. The summed E-state index contributed by atoms with van der Waals surface area (Å²) in [6, 6.07) is 15.6. The normalized spacial score (nSPS) is 15.4. The van der Waals surface area contributed by atoms with E-state index in [0.717, 1.165) is 11.1 Å². The molecule has 1 atom stereocenters. The molecule has 0 bridgehead atoms. The molecule has 6 rings (SSSR count). The Labute approximate surface area is 211 Å². The number of hydrogen-bond donors (Lipinski definition) is 2. The van der Waals surface area contributed by atoms with E-state index in [4.69, 9.17) is 10.2 Å². The lowest BCUT2D eigenvalue weighted by Crippen LogP contribution is -2.27. The quantitative estimate of drug-likeness (QED) is 0.353. The maximum atomic E-state index is 13.4. The molecule has 184 valence electrons. The number of likely N-dealkylation sites (tertiary alicyclic amines) is 1. The summed E-state index contributed by atoms with van der Waals surface area (Å²) >= 11 is 0. The van der Waals surface area contributed by atoms with Crippen molar-refractivity contribution in [2.45, 2.75) is 12.5 Å². The molecule has 3 aromatic heterocycles. The van der Waals surface area contributed by atoms with Crippen LogP contribution in [0.1, 0.15) is 22.8 Å². The first-order valence-electron chi connectivity index (χ1n) is 11.8. The Morgan fingerprint density at radius 3 is 2.78 bits per heavy atom. The van der Waals surface area contributed by atoms with E-state index in [1.165, 1.54) is 12.4 Å². The minimum absolute atomic E-state index is 0.0667. The maximum absolute atomic E-state index is 13.4. The van der Waals surface area contributed by atoms with Gasteiger partial charge in [-0.1, -0.05) is 43.0 Å². The van der Waals surface area contributed by atoms with Crippen molar-refractivity contribution in [3.63, 3.8) is 0 Å². The first-order valence-corrected chi connectivity index (χ1v) is 11.8. The Morgan fingerprint density at radius 2 is 1.97 bits per heavy atom. The molecule has 0 saturated carbocycles. The van der Waals surface area contributed by atoms with Crippen LogP contribution in [0, 0.1) is 0 Å². The number of benzene rings is 2. The lowest BCUT2D eigenvalue weighted by atomic mass is 10.1. The minimum atomic E-state index is -0.447. The van der Waals surface area contributed by atoms with E-state index >= 15 is 0 Å². The van der Waals surface area contributed by atoms with Crippen molar-refractivity contribution in [1.82, 2.24) is 24.4 Å². The zero-order valence-corrected chi connectivity index (χ0v) is 19.8. The van der Waals surface area contributed by atoms with Crippen LogP contribution in [0.25, 0.3) is 33.3 Å². The summed E-state index contributed by atoms with van der Waals surface area (Å²) in [4.78, 5) is 40.1. The molecular weight excluding hydrogens is 470 g/mol. The summed E-state index contributed by atoms with van der Waals surface area (Å²) in [7, 11) is 0. The van der Waals surface area contributed by atoms with Gasteiger partial charge in [0.1, 0.15) is 23.3 Å². The molecule has 0 aliphatic carbocycles. The number of fused-ring (bicyclic) bond motifs is 2. The SMILES string of the molecule is C=CC(=O)N1CC[C@@H](n2cc(C(=O)Nc3nc4cc(-c5ccccc5)ccc4o3)c3c(N)ncnc32)C1. The van der Waals surface area contributed by atoms with Crippen LogP contribution in [0.2, 0.25) is 0 Å². The van der Waals surface area contributed by atoms with Gasteiger partial charge < -0.3 is 19.6 Å². The zero-order chi connectivity index (χ0) is 25.5. The molecule has 5 aromatic rings. The van der Waals surface area contributed by atoms with Crippen molar-refractivity contribution >= 4 is 45.8 Å². The first kappa shape index (κ1) is 22.5. The number of nitrogen functional groups attached to an aromatic ring is 1. The summed E-state index contributed by atoms with van der Waals surface area (Å²) in [6.45, 7) is 4.63. The van der Waals surface area contributed by atoms with Gasteiger partial charge in [0, 0.05) is 19.3 Å². The Bertz CT molecular complexity index is 1670. The average Bonchev–Trinajstić information content (AvgIpc) is 3.65. The smallest absolute Gasteiger partial charge is 0.302 e. The van der Waals surface area contributed by atoms with Crippen LogP contribution in [0.5, 0.6) is 0 Å². The largest absolute Gasteiger partial charge is 0.423 e. The third-order valence-corrected chi connectivity index (χ3v) is 6.64. The van der Waals surface area contributed by atoms with Gasteiger partial charge in [-0.2, -0.15) is 4.98 Å². The van der Waals surface area contributed by atoms with E-state index in [1.807, 2.05) is 53.1 Å². The fraction of sp³-hybridized carbons (Fsp3) is 0.148. The number of rotatable bonds is 5. The average molecular weight is 494 g/mol. The summed E-state index contributed by atoms with van der Waals surface area (Å²) < 4.78 is 7.67. The number of hydrogen-bond acceptors (Lipinski definition) is 7. The number of amides is 2. The van der Waals surface area contributed by atoms with Gasteiger partial charge in [0.15, 0.2) is 5.58 Å². The molecule has 1 saturated heterocycles. The molecule has 0 spiro atoms. The summed E-state index contributed by atoms with van der Waals surface area (Å²) in [5.74, 6) is -0.384. The predicted molar refractivity (Wildman–Crippen MR) is 140 cm³/mol. The van der Waals surface area contributed by atoms with Crippen LogP contribution in [0.3, 0.4) is 0 Å². The number of oxazole rings is 1. The third-order valence-electron chi connectivity index (χ3n) is 6.64. The standard InChI is InChI=1S/C27H23N7O3/c1-2-22(35)33-11-10-18(13-33)34-14-19(23-24(28)29-15-30-25(23)34)26(36)32-27-31-20-12-17(8-9-21(20)37-27)16-6-4-3-5-7-16/h2-9,12,14-15,18H,1,10-11,13H2,(H2,28,29,30)(H,31,32,36)/t18-/m1/s1. The highest BCUT2D eigenvalue weighted by atomic mass is 16.4. The van der Waals surface area contributed by atoms with Gasteiger partial charge in [-0.3, -0.25) is 14.9 Å². The fourth-order valence-electron chi connectivity index (χ4n) is 4.81. The van der Waals surface area contributed by atoms with Gasteiger partial charge in [0.05, 0.1) is 17.0 Å². The van der Waals surface area contributed by atoms with Crippen LogP contribution in [-0.2, 0) is 4.79 Å². The number of carbonyl (C=O) groups is 2. The number of carbonyl (C=O) groups excluding carboxylic acids is 2. The summed E-state index contributed by atoms with van der Waals surface area (Å²) in [6.07, 6.45) is 5.08. The van der Waals surface area contributed by atoms with Crippen LogP contribution in [-0.4, -0.2) is 49.3 Å². The molecule has 0 unspecified atom stereocenters. The molecule has 10 nitrogen and oxygen atoms in total. The van der Waals surface area contributed by atoms with Crippen LogP contribution < -0.4 is 11.1 Å². The molecule has 2 amide bonds. The monoisotopic (exact) mass is 493 g/mol. The van der Waals surface area contributed by atoms with Gasteiger partial charge >= 0.3 is 6.01 Å². The number of aromatic nitrogens is 4. The second kappa shape index (κ2) is 8.90. The van der Waals surface area contributed by atoms with E-state index < -0.39 is 5.91 Å². The molecule has 4 heterocycles. The maximum Gasteiger partial charge on any atom is 0.302 e. The van der Waals surface area contributed by atoms with Crippen LogP contribution in [0.4, 0.5) is 11.8 Å². The zero-order valence-electron chi connectivity index (χ0n) is 19.8. The van der Waals surface area contributed by atoms with E-state index in [2.05, 4.69) is 26.8 Å². The van der Waals surface area contributed by atoms with E-state index in [0.29, 0.717) is 47.2 Å². The van der Waals surface area contributed by atoms with Crippen molar-refractivity contribution in [2.75, 3.05) is 24.1 Å². The van der Waals surface area contributed by atoms with E-state index in [-0.39, 0.29) is 23.8 Å². The van der Waals surface area contributed by atoms with Gasteiger partial charge in [0.25, 0.3) is 5.91 Å². The Kier molecular flexibility index (Phi) is 5.41. The molecule has 0 radical (unpaired) electrons. The third kappa shape index (κ3) is 3.98. The topological polar surface area (TPSA) is 132 Å². The molecule has 3 N–H and O–H groups in total. The van der Waals surface area contributed by atoms with E-state index in [1.54, 1.807) is 11.1 Å². The molecule has 2 aromatic carbocycles. The molecular formula is C27H23N7O3. The van der Waals surface area contributed by atoms with Crippen LogP contribution >= 0.6 is 0 Å². The Balaban J connectivity index is 1.31. The highest BCUT2D eigenvalue weighted by molar-refractivity contribution is 6.14. The van der Waals surface area contributed by atoms with Crippen molar-refractivity contribution in [3.8, 4) is 11.1 Å². The number of nitrogens with zero attached hydrogens (tertiary/aromatic N) is 5. The summed E-state index contributed by atoms with van der Waals surface area (Å²) in [5.41, 5.74) is 10.2. The van der Waals surface area contributed by atoms with Gasteiger partial charge in [-0.25, -0.2) is 9.97 Å². The molecule has 1 aliphatic rings. The summed E-state index contributed by atoms with van der Waals surface area (Å²) in [5, 5.41) is 3.19. The fourth-order valence-corrected chi connectivity index (χ4v) is 4.81. The second-order valence-electron chi connectivity index (χ2n) is 8.86. The van der Waals surface area contributed by atoms with Crippen molar-refractivity contribution < 1.29 is 14.0 Å². The molecule has 10 heteroatoms. The number of nitrogens with one attached hydrogen (secondary N) is 1. The predicted octanol–water partition coefficient (Wildman–Crippen LogP) is 4.03. The van der Waals surface area contributed by atoms with Crippen molar-refractivity contribution in [1.29, 1.82) is 0 Å². The van der Waals surface area contributed by atoms with Gasteiger partial charge in [-0.05, 0) is 35.8 Å². The molecule has 1 aliphatic heterocycles. The Morgan fingerprint density at radius 1 is 1.14 bits per heavy atom. The number of nitrogens with two attached hydrogens (primary N) is 1.